The van der Waals surface area contributed by atoms with Gasteiger partial charge in [-0.2, -0.15) is 0 Å². The van der Waals surface area contributed by atoms with E-state index < -0.39 is 0 Å². The zero-order valence-electron chi connectivity index (χ0n) is 9.30. The third kappa shape index (κ3) is 3.10. The molecule has 0 radical (unpaired) electrons. The first kappa shape index (κ1) is 11.7. The van der Waals surface area contributed by atoms with Crippen LogP contribution in [0, 0.1) is 13.8 Å². The van der Waals surface area contributed by atoms with E-state index in [1.54, 1.807) is 22.7 Å². The Morgan fingerprint density at radius 3 is 2.56 bits per heavy atom. The van der Waals surface area contributed by atoms with Gasteiger partial charge in [0, 0.05) is 29.3 Å². The van der Waals surface area contributed by atoms with Crippen molar-refractivity contribution in [1.82, 2.24) is 9.97 Å². The van der Waals surface area contributed by atoms with Crippen molar-refractivity contribution in [3.05, 3.63) is 32.2 Å². The lowest BCUT2D eigenvalue weighted by atomic mass is 10.1. The van der Waals surface area contributed by atoms with Crippen molar-refractivity contribution < 1.29 is 5.11 Å². The summed E-state index contributed by atoms with van der Waals surface area (Å²) in [4.78, 5) is 8.68. The lowest BCUT2D eigenvalue weighted by Gasteiger charge is -2.05. The Morgan fingerprint density at radius 1 is 1.19 bits per heavy atom. The first-order valence-electron chi connectivity index (χ1n) is 5.13. The zero-order valence-corrected chi connectivity index (χ0v) is 10.9. The van der Waals surface area contributed by atoms with Crippen molar-refractivity contribution in [2.45, 2.75) is 32.8 Å². The average Bonchev–Trinajstić information content (AvgIpc) is 2.76. The van der Waals surface area contributed by atoms with Gasteiger partial charge in [0.2, 0.25) is 0 Å². The Balaban J connectivity index is 1.91. The van der Waals surface area contributed by atoms with Crippen molar-refractivity contribution in [3.8, 4) is 0 Å². The number of aliphatic hydroxyl groups is 1. The Kier molecular flexibility index (Phi) is 3.68. The third-order valence-electron chi connectivity index (χ3n) is 2.19. The first-order valence-corrected chi connectivity index (χ1v) is 6.89. The minimum atomic E-state index is -0.382. The smallest absolute Gasteiger partial charge is 0.0954 e. The maximum Gasteiger partial charge on any atom is 0.0954 e. The molecule has 0 aliphatic carbocycles. The van der Waals surface area contributed by atoms with Crippen LogP contribution in [0.4, 0.5) is 0 Å². The highest BCUT2D eigenvalue weighted by Gasteiger charge is 2.11. The molecule has 0 saturated carbocycles. The molecule has 2 aromatic rings. The highest BCUT2D eigenvalue weighted by Crippen LogP contribution is 2.15. The second-order valence-corrected chi connectivity index (χ2v) is 5.81. The van der Waals surface area contributed by atoms with Gasteiger partial charge < -0.3 is 5.11 Å². The molecule has 2 aromatic heterocycles. The van der Waals surface area contributed by atoms with Gasteiger partial charge in [0.1, 0.15) is 0 Å². The lowest BCUT2D eigenvalue weighted by Crippen LogP contribution is -2.14. The molecule has 1 unspecified atom stereocenters. The Hall–Kier alpha value is -0.780. The Morgan fingerprint density at radius 2 is 2.00 bits per heavy atom. The van der Waals surface area contributed by atoms with Crippen LogP contribution in [-0.2, 0) is 12.8 Å². The Labute approximate surface area is 103 Å². The number of hydrogen-bond acceptors (Lipinski definition) is 5. The van der Waals surface area contributed by atoms with Crippen LogP contribution in [0.1, 0.15) is 21.4 Å². The number of thiazole rings is 2. The van der Waals surface area contributed by atoms with Crippen molar-refractivity contribution >= 4 is 22.7 Å². The van der Waals surface area contributed by atoms with Gasteiger partial charge in [0.15, 0.2) is 0 Å². The van der Waals surface area contributed by atoms with Crippen molar-refractivity contribution in [2.24, 2.45) is 0 Å². The molecule has 1 atom stereocenters. The van der Waals surface area contributed by atoms with Gasteiger partial charge in [0.25, 0.3) is 0 Å². The van der Waals surface area contributed by atoms with Gasteiger partial charge in [-0.1, -0.05) is 0 Å². The van der Waals surface area contributed by atoms with Crippen LogP contribution in [0.2, 0.25) is 0 Å². The second-order valence-electron chi connectivity index (χ2n) is 3.80. The van der Waals surface area contributed by atoms with Crippen molar-refractivity contribution in [1.29, 1.82) is 0 Å². The number of nitrogens with zero attached hydrogens (tertiary/aromatic N) is 2. The van der Waals surface area contributed by atoms with E-state index in [-0.39, 0.29) is 6.10 Å². The number of aliphatic hydroxyl groups excluding tert-OH is 1. The summed E-state index contributed by atoms with van der Waals surface area (Å²) in [6.45, 7) is 3.95. The van der Waals surface area contributed by atoms with Gasteiger partial charge in [0.05, 0.1) is 21.8 Å². The quantitative estimate of drug-likeness (QED) is 0.911. The predicted octanol–water partition coefficient (Wildman–Crippen LogP) is 2.36. The van der Waals surface area contributed by atoms with Crippen LogP contribution in [0.15, 0.2) is 10.8 Å². The number of hydrogen-bond donors (Lipinski definition) is 1. The SMILES string of the molecule is Cc1csc(CC(O)Cc2csc(C)n2)n1. The standard InChI is InChI=1S/C11H14N2OS2/c1-7-5-16-11(12-7)4-10(14)3-9-6-15-8(2)13-9/h5-6,10,14H,3-4H2,1-2H3. The summed E-state index contributed by atoms with van der Waals surface area (Å²) in [6, 6.07) is 0. The number of rotatable bonds is 4. The highest BCUT2D eigenvalue weighted by molar-refractivity contribution is 7.09. The molecule has 3 nitrogen and oxygen atoms in total. The molecule has 0 fully saturated rings. The van der Waals surface area contributed by atoms with E-state index in [1.807, 2.05) is 24.6 Å². The highest BCUT2D eigenvalue weighted by atomic mass is 32.1. The minimum absolute atomic E-state index is 0.382. The van der Waals surface area contributed by atoms with Crippen LogP contribution in [0.5, 0.6) is 0 Å². The molecule has 0 spiro atoms. The third-order valence-corrected chi connectivity index (χ3v) is 4.00. The molecule has 16 heavy (non-hydrogen) atoms. The summed E-state index contributed by atoms with van der Waals surface area (Å²) in [5.41, 5.74) is 2.00. The summed E-state index contributed by atoms with van der Waals surface area (Å²) in [5.74, 6) is 0. The fourth-order valence-electron chi connectivity index (χ4n) is 1.51. The molecule has 0 aliphatic rings. The Bertz CT molecular complexity index is 422. The van der Waals surface area contributed by atoms with E-state index in [0.717, 1.165) is 21.4 Å². The minimum Gasteiger partial charge on any atom is -0.392 e. The van der Waals surface area contributed by atoms with Crippen molar-refractivity contribution in [2.75, 3.05) is 0 Å². The van der Waals surface area contributed by atoms with Gasteiger partial charge >= 0.3 is 0 Å². The molecular formula is C11H14N2OS2. The maximum atomic E-state index is 9.91. The monoisotopic (exact) mass is 254 g/mol. The molecular weight excluding hydrogens is 240 g/mol. The molecule has 1 N–H and O–H groups in total. The molecule has 0 amide bonds. The van der Waals surface area contributed by atoms with E-state index in [1.165, 1.54) is 0 Å². The van der Waals surface area contributed by atoms with Crippen molar-refractivity contribution in [3.63, 3.8) is 0 Å². The average molecular weight is 254 g/mol. The van der Waals surface area contributed by atoms with Crippen LogP contribution in [0.3, 0.4) is 0 Å². The fourth-order valence-corrected chi connectivity index (χ4v) is 2.98. The van der Waals surface area contributed by atoms with E-state index in [4.69, 9.17) is 0 Å². The van der Waals surface area contributed by atoms with Gasteiger partial charge in [-0.15, -0.1) is 22.7 Å². The normalized spacial score (nSPS) is 12.9. The molecule has 5 heteroatoms. The summed E-state index contributed by atoms with van der Waals surface area (Å²) < 4.78 is 0. The summed E-state index contributed by atoms with van der Waals surface area (Å²) >= 11 is 3.23. The van der Waals surface area contributed by atoms with E-state index in [9.17, 15) is 5.11 Å². The fraction of sp³-hybridized carbons (Fsp3) is 0.455. The largest absolute Gasteiger partial charge is 0.392 e. The molecule has 2 heterocycles. The maximum absolute atomic E-state index is 9.91. The van der Waals surface area contributed by atoms with E-state index in [0.29, 0.717) is 12.8 Å². The number of aryl methyl sites for hydroxylation is 2. The van der Waals surface area contributed by atoms with Crippen LogP contribution >= 0.6 is 22.7 Å². The molecule has 86 valence electrons. The van der Waals surface area contributed by atoms with Crippen LogP contribution in [-0.4, -0.2) is 21.2 Å². The van der Waals surface area contributed by atoms with Gasteiger partial charge in [-0.3, -0.25) is 0 Å². The zero-order chi connectivity index (χ0) is 11.5. The van der Waals surface area contributed by atoms with Gasteiger partial charge in [-0.25, -0.2) is 9.97 Å². The molecule has 0 aliphatic heterocycles. The molecule has 2 rings (SSSR count). The summed E-state index contributed by atoms with van der Waals surface area (Å²) in [5, 5.41) is 16.0. The predicted molar refractivity (Wildman–Crippen MR) is 67.1 cm³/mol. The van der Waals surface area contributed by atoms with E-state index in [2.05, 4.69) is 9.97 Å². The second kappa shape index (κ2) is 5.03. The van der Waals surface area contributed by atoms with E-state index >= 15 is 0 Å². The first-order chi connectivity index (χ1) is 7.63. The number of aromatic nitrogens is 2. The molecule has 0 bridgehead atoms. The molecule has 0 saturated heterocycles. The lowest BCUT2D eigenvalue weighted by molar-refractivity contribution is 0.174. The van der Waals surface area contributed by atoms with Gasteiger partial charge in [-0.05, 0) is 13.8 Å². The topological polar surface area (TPSA) is 46.0 Å². The molecule has 0 aromatic carbocycles. The van der Waals surface area contributed by atoms with Crippen LogP contribution < -0.4 is 0 Å². The summed E-state index contributed by atoms with van der Waals surface area (Å²) in [7, 11) is 0. The summed E-state index contributed by atoms with van der Waals surface area (Å²) in [6.07, 6.45) is 0.852. The van der Waals surface area contributed by atoms with Crippen LogP contribution in [0.25, 0.3) is 0 Å².